The summed E-state index contributed by atoms with van der Waals surface area (Å²) < 4.78 is 44.7. The molecule has 0 atom stereocenters. The van der Waals surface area contributed by atoms with Crippen molar-refractivity contribution in [1.82, 2.24) is 9.80 Å². The minimum Gasteiger partial charge on any atom is -0.457 e. The van der Waals surface area contributed by atoms with Crippen molar-refractivity contribution in [1.29, 1.82) is 0 Å². The maximum atomic E-state index is 13.0. The second-order valence-electron chi connectivity index (χ2n) is 8.75. The number of benzene rings is 2. The Morgan fingerprint density at radius 1 is 0.947 bits per heavy atom. The maximum absolute atomic E-state index is 13.0. The van der Waals surface area contributed by atoms with Crippen LogP contribution in [0.15, 0.2) is 76.1 Å². The van der Waals surface area contributed by atoms with Crippen LogP contribution in [0.25, 0.3) is 17.4 Å². The van der Waals surface area contributed by atoms with Crippen molar-refractivity contribution in [2.24, 2.45) is 0 Å². The Bertz CT molecular complexity index is 1400. The minimum absolute atomic E-state index is 0.0710. The van der Waals surface area contributed by atoms with E-state index in [9.17, 15) is 27.6 Å². The molecule has 0 N–H and O–H groups in total. The van der Waals surface area contributed by atoms with Gasteiger partial charge in [0.2, 0.25) is 5.91 Å². The average Bonchev–Trinajstić information content (AvgIpc) is 3.49. The quantitative estimate of drug-likeness (QED) is 0.406. The average molecular weight is 542 g/mol. The van der Waals surface area contributed by atoms with E-state index < -0.39 is 22.9 Å². The molecule has 196 valence electrons. The van der Waals surface area contributed by atoms with Crippen molar-refractivity contribution in [3.63, 3.8) is 0 Å². The van der Waals surface area contributed by atoms with Crippen LogP contribution in [0.5, 0.6) is 0 Å². The molecule has 0 spiro atoms. The summed E-state index contributed by atoms with van der Waals surface area (Å²) in [5.74, 6) is -0.544. The molecule has 0 saturated carbocycles. The number of carbonyl (C=O) groups excluding carboxylic acids is 3. The van der Waals surface area contributed by atoms with Gasteiger partial charge in [-0.15, -0.1) is 0 Å². The van der Waals surface area contributed by atoms with Gasteiger partial charge in [-0.25, -0.2) is 0 Å². The highest BCUT2D eigenvalue weighted by Crippen LogP contribution is 2.35. The molecule has 2 aliphatic heterocycles. The fraction of sp³-hybridized carbons (Fsp3) is 0.222. The first-order valence-corrected chi connectivity index (χ1v) is 12.6. The molecule has 38 heavy (non-hydrogen) atoms. The van der Waals surface area contributed by atoms with Gasteiger partial charge >= 0.3 is 6.18 Å². The summed E-state index contributed by atoms with van der Waals surface area (Å²) in [6.07, 6.45) is -3.14. The highest BCUT2D eigenvalue weighted by Gasteiger charge is 2.38. The summed E-state index contributed by atoms with van der Waals surface area (Å²) in [4.78, 5) is 43.0. The van der Waals surface area contributed by atoms with Crippen LogP contribution in [0.1, 0.15) is 11.3 Å². The first kappa shape index (κ1) is 25.7. The molecule has 0 unspecified atom stereocenters. The van der Waals surface area contributed by atoms with E-state index in [-0.39, 0.29) is 34.4 Å². The fourth-order valence-corrected chi connectivity index (χ4v) is 5.11. The molecule has 11 heteroatoms. The van der Waals surface area contributed by atoms with Gasteiger partial charge in [-0.1, -0.05) is 30.3 Å². The Morgan fingerprint density at radius 3 is 2.39 bits per heavy atom. The largest absolute Gasteiger partial charge is 0.457 e. The van der Waals surface area contributed by atoms with Gasteiger partial charge in [-0.2, -0.15) is 13.2 Å². The van der Waals surface area contributed by atoms with E-state index >= 15 is 0 Å². The number of hydrogen-bond donors (Lipinski definition) is 0. The second kappa shape index (κ2) is 10.4. The van der Waals surface area contributed by atoms with Gasteiger partial charge in [-0.05, 0) is 48.2 Å². The van der Waals surface area contributed by atoms with Crippen LogP contribution in [0.4, 0.5) is 23.7 Å². The SMILES string of the molecule is O=C(CN1C(=O)S/C(=C/c2ccc(-c3cccc(C(F)(F)F)c3)o2)C1=O)N1CCN(c2ccccc2)CC1. The molecule has 3 heterocycles. The second-order valence-corrected chi connectivity index (χ2v) is 9.75. The van der Waals surface area contributed by atoms with E-state index in [1.807, 2.05) is 30.3 Å². The molecule has 0 bridgehead atoms. The van der Waals surface area contributed by atoms with Crippen LogP contribution in [0.2, 0.25) is 0 Å². The summed E-state index contributed by atoms with van der Waals surface area (Å²) in [6.45, 7) is 1.88. The number of furan rings is 1. The fourth-order valence-electron chi connectivity index (χ4n) is 4.29. The molecule has 3 amide bonds. The summed E-state index contributed by atoms with van der Waals surface area (Å²) >= 11 is 0.685. The Hall–Kier alpha value is -3.99. The number of carbonyl (C=O) groups is 3. The van der Waals surface area contributed by atoms with Crippen LogP contribution < -0.4 is 4.90 Å². The van der Waals surface area contributed by atoms with Crippen molar-refractivity contribution in [2.45, 2.75) is 6.18 Å². The molecular weight excluding hydrogens is 519 g/mol. The van der Waals surface area contributed by atoms with Crippen LogP contribution in [-0.4, -0.2) is 59.6 Å². The standard InChI is InChI=1S/C27H22F3N3O4S/c28-27(29,30)19-6-4-5-18(15-19)22-10-9-21(37-22)16-23-25(35)33(26(36)38-23)17-24(34)32-13-11-31(12-14-32)20-7-2-1-3-8-20/h1-10,15-16H,11-14,17H2/b23-16+. The Morgan fingerprint density at radius 2 is 1.68 bits per heavy atom. The van der Waals surface area contributed by atoms with E-state index in [4.69, 9.17) is 4.42 Å². The third-order valence-corrected chi connectivity index (χ3v) is 7.20. The summed E-state index contributed by atoms with van der Waals surface area (Å²) in [6, 6.07) is 17.6. The normalized spacial score (nSPS) is 17.6. The van der Waals surface area contributed by atoms with Gasteiger partial charge in [0.25, 0.3) is 11.1 Å². The molecule has 2 aromatic carbocycles. The first-order chi connectivity index (χ1) is 18.2. The molecular formula is C27H22F3N3O4S. The van der Waals surface area contributed by atoms with Gasteiger partial charge in [0.15, 0.2) is 0 Å². The van der Waals surface area contributed by atoms with E-state index in [0.29, 0.717) is 37.9 Å². The van der Waals surface area contributed by atoms with E-state index in [0.717, 1.165) is 22.7 Å². The number of thioether (sulfide) groups is 1. The zero-order valence-corrected chi connectivity index (χ0v) is 20.8. The van der Waals surface area contributed by atoms with E-state index in [1.165, 1.54) is 30.3 Å². The number of rotatable bonds is 5. The van der Waals surface area contributed by atoms with Crippen molar-refractivity contribution >= 4 is 40.6 Å². The highest BCUT2D eigenvalue weighted by atomic mass is 32.2. The molecule has 7 nitrogen and oxygen atoms in total. The number of nitrogens with zero attached hydrogens (tertiary/aromatic N) is 3. The van der Waals surface area contributed by atoms with E-state index in [2.05, 4.69) is 4.90 Å². The number of amides is 3. The van der Waals surface area contributed by atoms with Crippen molar-refractivity contribution in [3.05, 3.63) is 83.0 Å². The summed E-state index contributed by atoms with van der Waals surface area (Å²) in [5, 5.41) is -0.567. The Balaban J connectivity index is 1.22. The molecule has 2 aliphatic rings. The van der Waals surface area contributed by atoms with Crippen LogP contribution in [0.3, 0.4) is 0 Å². The lowest BCUT2D eigenvalue weighted by Gasteiger charge is -2.36. The predicted molar refractivity (Wildman–Crippen MR) is 137 cm³/mol. The lowest BCUT2D eigenvalue weighted by molar-refractivity contribution is -0.137. The van der Waals surface area contributed by atoms with Crippen LogP contribution in [-0.2, 0) is 15.8 Å². The third kappa shape index (κ3) is 5.47. The van der Waals surface area contributed by atoms with Gasteiger partial charge in [0.1, 0.15) is 18.1 Å². The third-order valence-electron chi connectivity index (χ3n) is 6.30. The van der Waals surface area contributed by atoms with Crippen LogP contribution in [0, 0.1) is 0 Å². The molecule has 1 aromatic heterocycles. The number of piperazine rings is 1. The lowest BCUT2D eigenvalue weighted by Crippen LogP contribution is -2.51. The van der Waals surface area contributed by atoms with Gasteiger partial charge in [0, 0.05) is 43.5 Å². The molecule has 2 fully saturated rings. The smallest absolute Gasteiger partial charge is 0.416 e. The maximum Gasteiger partial charge on any atom is 0.416 e. The van der Waals surface area contributed by atoms with Gasteiger partial charge < -0.3 is 14.2 Å². The topological polar surface area (TPSA) is 74.1 Å². The van der Waals surface area contributed by atoms with Gasteiger partial charge in [0.05, 0.1) is 10.5 Å². The number of hydrogen-bond acceptors (Lipinski definition) is 6. The van der Waals surface area contributed by atoms with Crippen molar-refractivity contribution < 1.29 is 32.0 Å². The monoisotopic (exact) mass is 541 g/mol. The number of anilines is 1. The van der Waals surface area contributed by atoms with Crippen molar-refractivity contribution in [3.8, 4) is 11.3 Å². The zero-order chi connectivity index (χ0) is 26.9. The molecule has 5 rings (SSSR count). The summed E-state index contributed by atoms with van der Waals surface area (Å²) in [5.41, 5.74) is 0.496. The summed E-state index contributed by atoms with van der Waals surface area (Å²) in [7, 11) is 0. The minimum atomic E-state index is -4.49. The first-order valence-electron chi connectivity index (χ1n) is 11.8. The Labute approximate surface area is 220 Å². The van der Waals surface area contributed by atoms with E-state index in [1.54, 1.807) is 4.90 Å². The molecule has 0 radical (unpaired) electrons. The number of alkyl halides is 3. The predicted octanol–water partition coefficient (Wildman–Crippen LogP) is 5.35. The lowest BCUT2D eigenvalue weighted by atomic mass is 10.1. The number of halogens is 3. The molecule has 2 saturated heterocycles. The Kier molecular flexibility index (Phi) is 7.02. The van der Waals surface area contributed by atoms with Crippen LogP contribution >= 0.6 is 11.8 Å². The molecule has 3 aromatic rings. The number of imide groups is 1. The van der Waals surface area contributed by atoms with Crippen molar-refractivity contribution in [2.75, 3.05) is 37.6 Å². The number of para-hydroxylation sites is 1. The molecule has 0 aliphatic carbocycles. The highest BCUT2D eigenvalue weighted by molar-refractivity contribution is 8.18. The zero-order valence-electron chi connectivity index (χ0n) is 20.0. The van der Waals surface area contributed by atoms with Gasteiger partial charge in [-0.3, -0.25) is 19.3 Å².